The number of rotatable bonds is 3. The van der Waals surface area contributed by atoms with E-state index in [0.29, 0.717) is 0 Å². The first kappa shape index (κ1) is 15.2. The van der Waals surface area contributed by atoms with Gasteiger partial charge in [0.05, 0.1) is 0 Å². The van der Waals surface area contributed by atoms with E-state index >= 15 is 0 Å². The molecule has 0 aliphatic rings. The fourth-order valence-corrected chi connectivity index (χ4v) is 4.48. The summed E-state index contributed by atoms with van der Waals surface area (Å²) in [7, 11) is -0.446. The van der Waals surface area contributed by atoms with Crippen molar-refractivity contribution in [1.29, 1.82) is 0 Å². The first-order valence-electron chi connectivity index (χ1n) is 6.40. The van der Waals surface area contributed by atoms with Crippen LogP contribution in [0, 0.1) is 0 Å². The molecule has 0 bridgehead atoms. The first-order chi connectivity index (χ1) is 9.45. The van der Waals surface area contributed by atoms with Gasteiger partial charge in [0.2, 0.25) is 0 Å². The van der Waals surface area contributed by atoms with Gasteiger partial charge in [-0.3, -0.25) is 0 Å². The van der Waals surface area contributed by atoms with Gasteiger partial charge in [-0.15, -0.1) is 0 Å². The Bertz CT molecular complexity index is 529. The molecule has 0 heterocycles. The van der Waals surface area contributed by atoms with Gasteiger partial charge in [-0.25, -0.2) is 0 Å². The Balaban J connectivity index is 0.00000147. The van der Waals surface area contributed by atoms with Crippen molar-refractivity contribution >= 4 is 23.8 Å². The summed E-state index contributed by atoms with van der Waals surface area (Å²) in [6, 6.07) is 32.3. The largest absolute Gasteiger partial charge is 1.00 e. The fourth-order valence-electron chi connectivity index (χ4n) is 2.18. The second-order valence-corrected chi connectivity index (χ2v) is 6.56. The Hall–Kier alpha value is -1.17. The molecule has 0 spiro atoms. The van der Waals surface area contributed by atoms with Crippen molar-refractivity contribution in [3.63, 3.8) is 0 Å². The van der Waals surface area contributed by atoms with Crippen LogP contribution in [0.5, 0.6) is 0 Å². The van der Waals surface area contributed by atoms with Crippen LogP contribution in [0.4, 0.5) is 0 Å². The van der Waals surface area contributed by atoms with E-state index in [-0.39, 0.29) is 22.4 Å². The van der Waals surface area contributed by atoms with Gasteiger partial charge >= 0.3 is 22.4 Å². The van der Waals surface area contributed by atoms with Crippen LogP contribution in [0.2, 0.25) is 0 Å². The zero-order valence-electron chi connectivity index (χ0n) is 10.9. The molecule has 0 aromatic heterocycles. The van der Waals surface area contributed by atoms with Crippen LogP contribution in [-0.2, 0) is 22.4 Å². The Morgan fingerprint density at radius 1 is 0.400 bits per heavy atom. The molecule has 0 fully saturated rings. The number of hydrogen-bond acceptors (Lipinski definition) is 0. The Labute approximate surface area is 137 Å². The van der Waals surface area contributed by atoms with Gasteiger partial charge in [0.1, 0.15) is 0 Å². The second kappa shape index (κ2) is 7.57. The van der Waals surface area contributed by atoms with Crippen LogP contribution in [0.25, 0.3) is 0 Å². The van der Waals surface area contributed by atoms with Crippen LogP contribution in [0.3, 0.4) is 0 Å². The molecule has 0 N–H and O–H groups in total. The predicted octanol–water partition coefficient (Wildman–Crippen LogP) is 3.44. The maximum atomic E-state index is 2.23. The minimum Gasteiger partial charge on any atom is -0.0622 e. The molecule has 3 rings (SSSR count). The molecule has 0 aliphatic carbocycles. The van der Waals surface area contributed by atoms with Crippen molar-refractivity contribution in [2.45, 2.75) is 0 Å². The van der Waals surface area contributed by atoms with Crippen LogP contribution < -0.4 is 15.9 Å². The minimum absolute atomic E-state index is 0. The second-order valence-electron chi connectivity index (χ2n) is 4.34. The van der Waals surface area contributed by atoms with E-state index in [1.54, 1.807) is 0 Å². The van der Waals surface area contributed by atoms with Gasteiger partial charge in [-0.1, -0.05) is 91.0 Å². The van der Waals surface area contributed by atoms with E-state index in [2.05, 4.69) is 91.0 Å². The summed E-state index contributed by atoms with van der Waals surface area (Å²) >= 11 is 0. The molecular weight excluding hydrogens is 444 g/mol. The quantitative estimate of drug-likeness (QED) is 0.416. The van der Waals surface area contributed by atoms with Crippen molar-refractivity contribution < 1.29 is 22.4 Å². The third kappa shape index (κ3) is 3.48. The summed E-state index contributed by atoms with van der Waals surface area (Å²) in [6.45, 7) is 0. The Morgan fingerprint density at radius 3 is 0.900 bits per heavy atom. The van der Waals surface area contributed by atoms with Crippen molar-refractivity contribution in [3.05, 3.63) is 91.0 Å². The zero-order chi connectivity index (χ0) is 12.9. The first-order valence-corrected chi connectivity index (χ1v) is 7.74. The molecule has 2 heteroatoms. The maximum absolute atomic E-state index is 2.23. The molecule has 0 saturated heterocycles. The van der Waals surface area contributed by atoms with Crippen LogP contribution >= 0.6 is 7.92 Å². The number of hydrogen-bond donors (Lipinski definition) is 0. The van der Waals surface area contributed by atoms with Gasteiger partial charge in [-0.05, 0) is 23.8 Å². The van der Waals surface area contributed by atoms with Crippen molar-refractivity contribution in [3.8, 4) is 0 Å². The van der Waals surface area contributed by atoms with Gasteiger partial charge in [0.25, 0.3) is 0 Å². The van der Waals surface area contributed by atoms with Gasteiger partial charge < -0.3 is 0 Å². The third-order valence-electron chi connectivity index (χ3n) is 3.04. The summed E-state index contributed by atoms with van der Waals surface area (Å²) < 4.78 is 0. The van der Waals surface area contributed by atoms with Gasteiger partial charge in [0.15, 0.2) is 0 Å². The van der Waals surface area contributed by atoms with E-state index in [9.17, 15) is 0 Å². The zero-order valence-corrected chi connectivity index (χ0v) is 14.0. The van der Waals surface area contributed by atoms with E-state index in [0.717, 1.165) is 0 Å². The Kier molecular flexibility index (Phi) is 5.76. The summed E-state index contributed by atoms with van der Waals surface area (Å²) in [5.41, 5.74) is 0. The molecular formula is C18H15AuP+. The van der Waals surface area contributed by atoms with Gasteiger partial charge in [-0.2, -0.15) is 0 Å². The topological polar surface area (TPSA) is 0 Å². The monoisotopic (exact) mass is 459 g/mol. The third-order valence-corrected chi connectivity index (χ3v) is 5.49. The van der Waals surface area contributed by atoms with E-state index < -0.39 is 7.92 Å². The van der Waals surface area contributed by atoms with Crippen LogP contribution in [0.1, 0.15) is 0 Å². The minimum atomic E-state index is -0.446. The summed E-state index contributed by atoms with van der Waals surface area (Å²) in [5.74, 6) is 0. The average molecular weight is 459 g/mol. The van der Waals surface area contributed by atoms with Crippen LogP contribution in [0.15, 0.2) is 91.0 Å². The molecule has 102 valence electrons. The Morgan fingerprint density at radius 2 is 0.650 bits per heavy atom. The molecule has 0 saturated carbocycles. The van der Waals surface area contributed by atoms with Crippen LogP contribution in [-0.4, -0.2) is 0 Å². The molecule has 0 radical (unpaired) electrons. The van der Waals surface area contributed by atoms with Crippen molar-refractivity contribution in [2.24, 2.45) is 0 Å². The molecule has 0 nitrogen and oxygen atoms in total. The molecule has 20 heavy (non-hydrogen) atoms. The molecule has 3 aromatic carbocycles. The summed E-state index contributed by atoms with van der Waals surface area (Å²) in [4.78, 5) is 0. The average Bonchev–Trinajstić information content (AvgIpc) is 2.51. The van der Waals surface area contributed by atoms with Crippen molar-refractivity contribution in [2.75, 3.05) is 0 Å². The predicted molar refractivity (Wildman–Crippen MR) is 85.1 cm³/mol. The van der Waals surface area contributed by atoms with E-state index in [1.807, 2.05) is 0 Å². The molecule has 0 aliphatic heterocycles. The molecule has 0 unspecified atom stereocenters. The number of benzene rings is 3. The van der Waals surface area contributed by atoms with E-state index in [4.69, 9.17) is 0 Å². The normalized spacial score (nSPS) is 10.1. The smallest absolute Gasteiger partial charge is 0.0622 e. The van der Waals surface area contributed by atoms with Gasteiger partial charge in [0, 0.05) is 0 Å². The SMILES string of the molecule is [Au+].c1ccc(P(c2ccccc2)c2ccccc2)cc1. The summed E-state index contributed by atoms with van der Waals surface area (Å²) in [6.07, 6.45) is 0. The van der Waals surface area contributed by atoms with E-state index in [1.165, 1.54) is 15.9 Å². The molecule has 3 aromatic rings. The standard InChI is InChI=1S/C18H15P.Au/c1-4-10-16(11-5-1)19(17-12-6-2-7-13-17)18-14-8-3-9-15-18;/h1-15H;/q;+1. The summed E-state index contributed by atoms with van der Waals surface area (Å²) in [5, 5.41) is 4.19. The molecule has 0 atom stereocenters. The molecule has 0 amide bonds. The van der Waals surface area contributed by atoms with Crippen molar-refractivity contribution in [1.82, 2.24) is 0 Å². The fraction of sp³-hybridized carbons (Fsp3) is 0. The maximum Gasteiger partial charge on any atom is 1.00 e.